The number of hydrogen-bond acceptors (Lipinski definition) is 3. The summed E-state index contributed by atoms with van der Waals surface area (Å²) < 4.78 is 34.9. The van der Waals surface area contributed by atoms with Crippen molar-refractivity contribution in [3.05, 3.63) is 0 Å². The molecule has 0 radical (unpaired) electrons. The van der Waals surface area contributed by atoms with Gasteiger partial charge in [0.1, 0.15) is 0 Å². The molecule has 0 aliphatic rings. The van der Waals surface area contributed by atoms with E-state index in [1.807, 2.05) is 0 Å². The Kier molecular flexibility index (Phi) is 5.19. The number of halogens is 3. The van der Waals surface area contributed by atoms with Gasteiger partial charge in [0.25, 0.3) is 0 Å². The molecule has 0 amide bonds. The third kappa shape index (κ3) is 5.34. The second-order valence-corrected chi connectivity index (χ2v) is 2.34. The van der Waals surface area contributed by atoms with Crippen molar-refractivity contribution in [3.63, 3.8) is 0 Å². The van der Waals surface area contributed by atoms with Crippen molar-refractivity contribution in [2.75, 3.05) is 19.7 Å². The highest BCUT2D eigenvalue weighted by atomic mass is 19.4. The fraction of sp³-hybridized carbons (Fsp3) is 1.00. The van der Waals surface area contributed by atoms with Gasteiger partial charge in [-0.15, -0.1) is 0 Å². The van der Waals surface area contributed by atoms with Gasteiger partial charge in [-0.1, -0.05) is 0 Å². The van der Waals surface area contributed by atoms with Crippen LogP contribution in [-0.4, -0.2) is 42.2 Å². The fourth-order valence-corrected chi connectivity index (χ4v) is 0.559. The first-order valence-corrected chi connectivity index (χ1v) is 3.55. The Morgan fingerprint density at radius 3 is 2.33 bits per heavy atom. The van der Waals surface area contributed by atoms with Crippen molar-refractivity contribution in [2.45, 2.75) is 18.7 Å². The molecule has 1 atom stereocenters. The molecular weight excluding hydrogens is 175 g/mol. The normalized spacial score (nSPS) is 14.8. The number of aliphatic hydroxyl groups is 2. The smallest absolute Gasteiger partial charge is 0.396 e. The predicted molar refractivity (Wildman–Crippen MR) is 36.6 cm³/mol. The highest BCUT2D eigenvalue weighted by Crippen LogP contribution is 2.18. The highest BCUT2D eigenvalue weighted by molar-refractivity contribution is 4.67. The molecule has 74 valence electrons. The quantitative estimate of drug-likeness (QED) is 0.526. The minimum Gasteiger partial charge on any atom is -0.396 e. The summed E-state index contributed by atoms with van der Waals surface area (Å²) in [4.78, 5) is 0. The van der Waals surface area contributed by atoms with Crippen LogP contribution < -0.4 is 5.32 Å². The van der Waals surface area contributed by atoms with E-state index in [1.54, 1.807) is 0 Å². The molecule has 0 rings (SSSR count). The van der Waals surface area contributed by atoms with Gasteiger partial charge >= 0.3 is 6.18 Å². The Morgan fingerprint density at radius 2 is 1.92 bits per heavy atom. The van der Waals surface area contributed by atoms with Crippen LogP contribution in [0.25, 0.3) is 0 Å². The van der Waals surface area contributed by atoms with Gasteiger partial charge in [-0.25, -0.2) is 0 Å². The molecule has 0 fully saturated rings. The Morgan fingerprint density at radius 1 is 1.33 bits per heavy atom. The molecule has 0 bridgehead atoms. The molecule has 0 unspecified atom stereocenters. The maximum Gasteiger partial charge on any atom is 0.415 e. The molecule has 0 aromatic carbocycles. The Labute approximate surface area is 68.2 Å². The van der Waals surface area contributed by atoms with E-state index in [1.165, 1.54) is 0 Å². The lowest BCUT2D eigenvalue weighted by Gasteiger charge is -2.14. The van der Waals surface area contributed by atoms with Crippen molar-refractivity contribution in [2.24, 2.45) is 0 Å². The average molecular weight is 187 g/mol. The monoisotopic (exact) mass is 187 g/mol. The molecule has 0 spiro atoms. The van der Waals surface area contributed by atoms with E-state index in [-0.39, 0.29) is 13.2 Å². The molecular formula is C6H12F3NO2. The van der Waals surface area contributed by atoms with E-state index >= 15 is 0 Å². The largest absolute Gasteiger partial charge is 0.415 e. The number of rotatable bonds is 5. The maximum absolute atomic E-state index is 11.6. The molecule has 0 aromatic rings. The molecule has 12 heavy (non-hydrogen) atoms. The second-order valence-electron chi connectivity index (χ2n) is 2.34. The fourth-order valence-electron chi connectivity index (χ4n) is 0.559. The van der Waals surface area contributed by atoms with E-state index in [0.29, 0.717) is 6.42 Å². The first kappa shape index (κ1) is 11.7. The van der Waals surface area contributed by atoms with Crippen LogP contribution in [0, 0.1) is 0 Å². The zero-order chi connectivity index (χ0) is 9.61. The van der Waals surface area contributed by atoms with Gasteiger partial charge in [-0.3, -0.25) is 0 Å². The van der Waals surface area contributed by atoms with Gasteiger partial charge in [-0.05, 0) is 13.0 Å². The number of hydrogen-bond donors (Lipinski definition) is 3. The lowest BCUT2D eigenvalue weighted by Crippen LogP contribution is -2.38. The summed E-state index contributed by atoms with van der Waals surface area (Å²) in [5.41, 5.74) is 0. The minimum atomic E-state index is -4.56. The summed E-state index contributed by atoms with van der Waals surface area (Å²) in [7, 11) is 0. The predicted octanol–water partition coefficient (Wildman–Crippen LogP) is -0.118. The Bertz CT molecular complexity index is 118. The van der Waals surface area contributed by atoms with Crippen molar-refractivity contribution < 1.29 is 23.4 Å². The van der Waals surface area contributed by atoms with Crippen LogP contribution in [0.15, 0.2) is 0 Å². The first-order chi connectivity index (χ1) is 5.48. The Hall–Kier alpha value is -0.330. The zero-order valence-electron chi connectivity index (χ0n) is 6.43. The van der Waals surface area contributed by atoms with Gasteiger partial charge in [0, 0.05) is 13.2 Å². The summed E-state index contributed by atoms with van der Waals surface area (Å²) in [6.45, 7) is -0.331. The molecule has 6 heteroatoms. The standard InChI is InChI=1S/C6H12F3NO2/c7-6(8,9)5(12)4-10-2-1-3-11/h5,10-12H,1-4H2/t5-/m0/s1. The third-order valence-corrected chi connectivity index (χ3v) is 1.23. The molecule has 0 heterocycles. The van der Waals surface area contributed by atoms with Gasteiger partial charge < -0.3 is 15.5 Å². The van der Waals surface area contributed by atoms with Crippen molar-refractivity contribution >= 4 is 0 Å². The molecule has 0 saturated carbocycles. The van der Waals surface area contributed by atoms with Crippen LogP contribution in [0.3, 0.4) is 0 Å². The summed E-state index contributed by atoms with van der Waals surface area (Å²) >= 11 is 0. The van der Waals surface area contributed by atoms with Gasteiger partial charge in [0.2, 0.25) is 0 Å². The lowest BCUT2D eigenvalue weighted by atomic mass is 10.3. The molecule has 3 N–H and O–H groups in total. The van der Waals surface area contributed by atoms with Crippen LogP contribution in [0.5, 0.6) is 0 Å². The highest BCUT2D eigenvalue weighted by Gasteiger charge is 2.37. The van der Waals surface area contributed by atoms with Crippen LogP contribution in [0.4, 0.5) is 13.2 Å². The summed E-state index contributed by atoms with van der Waals surface area (Å²) in [6, 6.07) is 0. The zero-order valence-corrected chi connectivity index (χ0v) is 6.43. The van der Waals surface area contributed by atoms with Gasteiger partial charge in [0.05, 0.1) is 0 Å². The summed E-state index contributed by atoms with van der Waals surface area (Å²) in [5, 5.41) is 19.1. The van der Waals surface area contributed by atoms with E-state index < -0.39 is 18.8 Å². The van der Waals surface area contributed by atoms with Crippen molar-refractivity contribution in [3.8, 4) is 0 Å². The summed E-state index contributed by atoms with van der Waals surface area (Å²) in [5.74, 6) is 0. The molecule has 0 aliphatic heterocycles. The topological polar surface area (TPSA) is 52.5 Å². The van der Waals surface area contributed by atoms with Gasteiger partial charge in [-0.2, -0.15) is 13.2 Å². The lowest BCUT2D eigenvalue weighted by molar-refractivity contribution is -0.201. The van der Waals surface area contributed by atoms with E-state index in [0.717, 1.165) is 0 Å². The van der Waals surface area contributed by atoms with Crippen molar-refractivity contribution in [1.82, 2.24) is 5.32 Å². The van der Waals surface area contributed by atoms with Crippen LogP contribution in [0.1, 0.15) is 6.42 Å². The van der Waals surface area contributed by atoms with Crippen molar-refractivity contribution in [1.29, 1.82) is 0 Å². The average Bonchev–Trinajstić information content (AvgIpc) is 1.96. The SMILES string of the molecule is OCCCNC[C@H](O)C(F)(F)F. The number of alkyl halides is 3. The Balaban J connectivity index is 3.38. The first-order valence-electron chi connectivity index (χ1n) is 3.55. The number of aliphatic hydroxyl groups excluding tert-OH is 2. The minimum absolute atomic E-state index is 0.0743. The van der Waals surface area contributed by atoms with Crippen LogP contribution >= 0.6 is 0 Å². The van der Waals surface area contributed by atoms with Crippen LogP contribution in [-0.2, 0) is 0 Å². The maximum atomic E-state index is 11.6. The third-order valence-electron chi connectivity index (χ3n) is 1.23. The van der Waals surface area contributed by atoms with E-state index in [4.69, 9.17) is 10.2 Å². The second kappa shape index (κ2) is 5.34. The van der Waals surface area contributed by atoms with Crippen LogP contribution in [0.2, 0.25) is 0 Å². The van der Waals surface area contributed by atoms with E-state index in [9.17, 15) is 13.2 Å². The number of nitrogens with one attached hydrogen (secondary N) is 1. The molecule has 3 nitrogen and oxygen atoms in total. The van der Waals surface area contributed by atoms with E-state index in [2.05, 4.69) is 5.32 Å². The molecule has 0 aromatic heterocycles. The summed E-state index contributed by atoms with van der Waals surface area (Å²) in [6.07, 6.45) is -6.51. The van der Waals surface area contributed by atoms with Gasteiger partial charge in [0.15, 0.2) is 6.10 Å². The molecule has 0 saturated heterocycles. The molecule has 0 aliphatic carbocycles.